The van der Waals surface area contributed by atoms with E-state index in [2.05, 4.69) is 0 Å². The van der Waals surface area contributed by atoms with Crippen molar-refractivity contribution in [1.82, 2.24) is 0 Å². The maximum absolute atomic E-state index is 12.0. The maximum Gasteiger partial charge on any atom is 0.313 e. The minimum atomic E-state index is -3.65. The Kier molecular flexibility index (Phi) is 4.81. The summed E-state index contributed by atoms with van der Waals surface area (Å²) < 4.78 is 32.7. The van der Waals surface area contributed by atoms with Crippen LogP contribution in [0.3, 0.4) is 0 Å². The van der Waals surface area contributed by atoms with Crippen molar-refractivity contribution in [3.05, 3.63) is 29.8 Å². The molecule has 0 fully saturated rings. The van der Waals surface area contributed by atoms with E-state index >= 15 is 0 Å². The van der Waals surface area contributed by atoms with Gasteiger partial charge in [0.2, 0.25) is 0 Å². The van der Waals surface area contributed by atoms with Crippen molar-refractivity contribution in [3.63, 3.8) is 0 Å². The Hall–Kier alpha value is -1.56. The monoisotopic (exact) mass is 300 g/mol. The molecular weight excluding hydrogens is 280 g/mol. The third kappa shape index (κ3) is 5.21. The van der Waals surface area contributed by atoms with Gasteiger partial charge in [0.15, 0.2) is 0 Å². The molecule has 6 heteroatoms. The number of hydrogen-bond acceptors (Lipinski definition) is 5. The van der Waals surface area contributed by atoms with E-state index in [4.69, 9.17) is 8.92 Å². The van der Waals surface area contributed by atoms with E-state index in [9.17, 15) is 13.2 Å². The molecule has 0 N–H and O–H groups in total. The van der Waals surface area contributed by atoms with Gasteiger partial charge in [0.25, 0.3) is 0 Å². The van der Waals surface area contributed by atoms with Gasteiger partial charge in [0.05, 0.1) is 12.2 Å². The summed E-state index contributed by atoms with van der Waals surface area (Å²) in [6.07, 6.45) is 0.960. The number of carbonyl (C=O) groups excluding carboxylic acids is 1. The van der Waals surface area contributed by atoms with Crippen LogP contribution in [-0.2, 0) is 19.6 Å². The summed E-state index contributed by atoms with van der Waals surface area (Å²) in [5.41, 5.74) is -0.120. The van der Waals surface area contributed by atoms with E-state index in [1.807, 2.05) is 0 Å². The number of benzene rings is 1. The Morgan fingerprint density at radius 3 is 2.25 bits per heavy atom. The minimum Gasteiger partial charge on any atom is -0.460 e. The fourth-order valence-electron chi connectivity index (χ4n) is 1.59. The first-order chi connectivity index (χ1) is 8.99. The molecule has 0 saturated carbocycles. The molecule has 0 aliphatic heterocycles. The fraction of sp³-hybridized carbons (Fsp3) is 0.500. The summed E-state index contributed by atoms with van der Waals surface area (Å²) in [6.45, 7) is 6.97. The normalized spacial score (nSPS) is 13.7. The SMILES string of the molecule is CC(C(=O)OC(C)(C)C)c1ccccc1OS(C)(=O)=O. The second kappa shape index (κ2) is 5.83. The van der Waals surface area contributed by atoms with Crippen LogP contribution in [-0.4, -0.2) is 26.2 Å². The van der Waals surface area contributed by atoms with Gasteiger partial charge >= 0.3 is 16.1 Å². The quantitative estimate of drug-likeness (QED) is 0.631. The van der Waals surface area contributed by atoms with Gasteiger partial charge in [0, 0.05) is 5.56 Å². The van der Waals surface area contributed by atoms with Gasteiger partial charge in [-0.15, -0.1) is 0 Å². The summed E-state index contributed by atoms with van der Waals surface area (Å²) in [6, 6.07) is 6.52. The van der Waals surface area contributed by atoms with Crippen molar-refractivity contribution in [2.24, 2.45) is 0 Å². The van der Waals surface area contributed by atoms with Crippen molar-refractivity contribution < 1.29 is 22.1 Å². The number of ether oxygens (including phenoxy) is 1. The number of hydrogen-bond donors (Lipinski definition) is 0. The lowest BCUT2D eigenvalue weighted by Gasteiger charge is -2.23. The Balaban J connectivity index is 3.04. The van der Waals surface area contributed by atoms with Crippen LogP contribution < -0.4 is 4.18 Å². The molecule has 1 unspecified atom stereocenters. The average Bonchev–Trinajstić information content (AvgIpc) is 2.24. The summed E-state index contributed by atoms with van der Waals surface area (Å²) in [5.74, 6) is -0.900. The maximum atomic E-state index is 12.0. The van der Waals surface area contributed by atoms with Crippen LogP contribution in [0.1, 0.15) is 39.2 Å². The van der Waals surface area contributed by atoms with Crippen molar-refractivity contribution in [2.75, 3.05) is 6.26 Å². The lowest BCUT2D eigenvalue weighted by molar-refractivity contribution is -0.156. The highest BCUT2D eigenvalue weighted by atomic mass is 32.2. The van der Waals surface area contributed by atoms with E-state index in [1.54, 1.807) is 45.9 Å². The molecule has 0 amide bonds. The minimum absolute atomic E-state index is 0.147. The van der Waals surface area contributed by atoms with Crippen molar-refractivity contribution in [2.45, 2.75) is 39.2 Å². The van der Waals surface area contributed by atoms with Crippen LogP contribution in [0, 0.1) is 0 Å². The number of para-hydroxylation sites is 1. The molecule has 0 saturated heterocycles. The second-order valence-corrected chi connectivity index (χ2v) is 7.16. The number of rotatable bonds is 4. The van der Waals surface area contributed by atoms with E-state index in [-0.39, 0.29) is 5.75 Å². The largest absolute Gasteiger partial charge is 0.460 e. The molecule has 0 aromatic heterocycles. The van der Waals surface area contributed by atoms with Crippen molar-refractivity contribution in [1.29, 1.82) is 0 Å². The van der Waals surface area contributed by atoms with Crippen molar-refractivity contribution in [3.8, 4) is 5.75 Å². The van der Waals surface area contributed by atoms with E-state index in [0.29, 0.717) is 5.56 Å². The van der Waals surface area contributed by atoms with Gasteiger partial charge in [-0.1, -0.05) is 18.2 Å². The zero-order chi connectivity index (χ0) is 15.6. The fourth-order valence-corrected chi connectivity index (χ4v) is 2.07. The van der Waals surface area contributed by atoms with Crippen LogP contribution in [0.5, 0.6) is 5.75 Å². The number of esters is 1. The molecule has 1 rings (SSSR count). The Bertz CT molecular complexity index is 584. The molecule has 0 bridgehead atoms. The molecule has 0 spiro atoms. The molecule has 0 heterocycles. The molecule has 5 nitrogen and oxygen atoms in total. The van der Waals surface area contributed by atoms with E-state index < -0.39 is 27.6 Å². The molecule has 1 aromatic rings. The predicted molar refractivity (Wildman–Crippen MR) is 76.2 cm³/mol. The first-order valence-corrected chi connectivity index (χ1v) is 8.02. The van der Waals surface area contributed by atoms with Crippen LogP contribution >= 0.6 is 0 Å². The van der Waals surface area contributed by atoms with Gasteiger partial charge < -0.3 is 8.92 Å². The van der Waals surface area contributed by atoms with Gasteiger partial charge in [0.1, 0.15) is 11.4 Å². The first kappa shape index (κ1) is 16.5. The summed E-state index contributed by atoms with van der Waals surface area (Å²) in [4.78, 5) is 12.0. The second-order valence-electron chi connectivity index (χ2n) is 5.58. The Labute approximate surface area is 120 Å². The molecule has 20 heavy (non-hydrogen) atoms. The van der Waals surface area contributed by atoms with E-state index in [0.717, 1.165) is 6.26 Å². The molecule has 0 aliphatic carbocycles. The number of carbonyl (C=O) groups is 1. The highest BCUT2D eigenvalue weighted by molar-refractivity contribution is 7.86. The van der Waals surface area contributed by atoms with Gasteiger partial charge in [-0.05, 0) is 33.8 Å². The molecule has 0 radical (unpaired) electrons. The standard InChI is InChI=1S/C14H20O5S/c1-10(13(15)18-14(2,3)4)11-8-6-7-9-12(11)19-20(5,16)17/h6-10H,1-5H3. The smallest absolute Gasteiger partial charge is 0.313 e. The van der Waals surface area contributed by atoms with Crippen LogP contribution in [0.2, 0.25) is 0 Å². The van der Waals surface area contributed by atoms with Gasteiger partial charge in [-0.2, -0.15) is 8.42 Å². The zero-order valence-electron chi connectivity index (χ0n) is 12.3. The van der Waals surface area contributed by atoms with Crippen LogP contribution in [0.15, 0.2) is 24.3 Å². The summed E-state index contributed by atoms with van der Waals surface area (Å²) >= 11 is 0. The molecule has 1 atom stereocenters. The first-order valence-electron chi connectivity index (χ1n) is 6.21. The molecule has 1 aromatic carbocycles. The van der Waals surface area contributed by atoms with E-state index in [1.165, 1.54) is 6.07 Å². The third-order valence-corrected chi connectivity index (χ3v) is 2.87. The Morgan fingerprint density at radius 2 is 1.75 bits per heavy atom. The highest BCUT2D eigenvalue weighted by Gasteiger charge is 2.25. The third-order valence-electron chi connectivity index (χ3n) is 2.39. The van der Waals surface area contributed by atoms with Crippen molar-refractivity contribution >= 4 is 16.1 Å². The topological polar surface area (TPSA) is 69.7 Å². The Morgan fingerprint density at radius 1 is 1.20 bits per heavy atom. The van der Waals surface area contributed by atoms with Crippen LogP contribution in [0.4, 0.5) is 0 Å². The molecular formula is C14H20O5S. The molecule has 112 valence electrons. The summed E-state index contributed by atoms with van der Waals surface area (Å²) in [5, 5.41) is 0. The lowest BCUT2D eigenvalue weighted by atomic mass is 10.00. The highest BCUT2D eigenvalue weighted by Crippen LogP contribution is 2.29. The van der Waals surface area contributed by atoms with Gasteiger partial charge in [-0.25, -0.2) is 0 Å². The average molecular weight is 300 g/mol. The predicted octanol–water partition coefficient (Wildman–Crippen LogP) is 2.47. The van der Waals surface area contributed by atoms with Crippen LogP contribution in [0.25, 0.3) is 0 Å². The van der Waals surface area contributed by atoms with Gasteiger partial charge in [-0.3, -0.25) is 4.79 Å². The zero-order valence-corrected chi connectivity index (χ0v) is 13.2. The molecule has 0 aliphatic rings. The lowest BCUT2D eigenvalue weighted by Crippen LogP contribution is -2.27. The summed E-state index contributed by atoms with van der Waals surface area (Å²) in [7, 11) is -3.65.